The Morgan fingerprint density at radius 2 is 1.12 bits per heavy atom. The molecule has 0 aliphatic carbocycles. The van der Waals surface area contributed by atoms with Crippen molar-refractivity contribution in [2.75, 3.05) is 20.8 Å². The SMILES string of the molecule is COc1ccc(P(c2ccc(OC)cc2)c2ccccc2-c2ccccc2C2=N[C@@H](c3ccccc3)CO2)cc1. The van der Waals surface area contributed by atoms with Crippen molar-refractivity contribution >= 4 is 29.7 Å². The maximum atomic E-state index is 6.22. The maximum absolute atomic E-state index is 6.22. The smallest absolute Gasteiger partial charge is 0.217 e. The molecule has 4 nitrogen and oxygen atoms in total. The molecule has 0 unspecified atom stereocenters. The van der Waals surface area contributed by atoms with Gasteiger partial charge in [0.1, 0.15) is 24.1 Å². The van der Waals surface area contributed by atoms with Crippen LogP contribution in [0.1, 0.15) is 17.2 Å². The summed E-state index contributed by atoms with van der Waals surface area (Å²) in [6.07, 6.45) is 0. The van der Waals surface area contributed by atoms with Crippen LogP contribution in [0.5, 0.6) is 11.5 Å². The predicted octanol–water partition coefficient (Wildman–Crippen LogP) is 6.65. The lowest BCUT2D eigenvalue weighted by Crippen LogP contribution is -2.22. The molecule has 5 heteroatoms. The zero-order chi connectivity index (χ0) is 27.3. The summed E-state index contributed by atoms with van der Waals surface area (Å²) < 4.78 is 17.1. The van der Waals surface area contributed by atoms with E-state index >= 15 is 0 Å². The number of hydrogen-bond donors (Lipinski definition) is 0. The first-order valence-electron chi connectivity index (χ1n) is 13.3. The second-order valence-corrected chi connectivity index (χ2v) is 11.7. The Bertz CT molecular complexity index is 1570. The van der Waals surface area contributed by atoms with Gasteiger partial charge in [0, 0.05) is 5.56 Å². The van der Waals surface area contributed by atoms with Gasteiger partial charge in [-0.2, -0.15) is 0 Å². The normalized spacial score (nSPS) is 14.5. The van der Waals surface area contributed by atoms with Crippen molar-refractivity contribution in [3.05, 3.63) is 139 Å². The van der Waals surface area contributed by atoms with Gasteiger partial charge in [-0.25, -0.2) is 4.99 Å². The molecule has 0 spiro atoms. The average Bonchev–Trinajstić information content (AvgIpc) is 3.53. The largest absolute Gasteiger partial charge is 0.497 e. The van der Waals surface area contributed by atoms with Crippen molar-refractivity contribution in [3.63, 3.8) is 0 Å². The minimum Gasteiger partial charge on any atom is -0.497 e. The minimum atomic E-state index is -0.887. The summed E-state index contributed by atoms with van der Waals surface area (Å²) in [6.45, 7) is 0.541. The van der Waals surface area contributed by atoms with E-state index < -0.39 is 7.92 Å². The molecule has 0 radical (unpaired) electrons. The van der Waals surface area contributed by atoms with E-state index in [2.05, 4.69) is 84.9 Å². The molecule has 0 saturated carbocycles. The van der Waals surface area contributed by atoms with Crippen LogP contribution in [0.15, 0.2) is 132 Å². The number of hydrogen-bond acceptors (Lipinski definition) is 4. The Morgan fingerprint density at radius 1 is 0.600 bits per heavy atom. The Morgan fingerprint density at radius 3 is 1.73 bits per heavy atom. The van der Waals surface area contributed by atoms with E-state index in [1.54, 1.807) is 14.2 Å². The summed E-state index contributed by atoms with van der Waals surface area (Å²) in [5.74, 6) is 2.38. The van der Waals surface area contributed by atoms with Gasteiger partial charge in [0.05, 0.1) is 14.2 Å². The lowest BCUT2D eigenvalue weighted by molar-refractivity contribution is 0.320. The Balaban J connectivity index is 1.47. The number of benzene rings is 5. The minimum absolute atomic E-state index is 0.00442. The first-order valence-corrected chi connectivity index (χ1v) is 14.6. The summed E-state index contributed by atoms with van der Waals surface area (Å²) in [5.41, 5.74) is 4.45. The molecule has 1 aliphatic rings. The van der Waals surface area contributed by atoms with E-state index in [0.29, 0.717) is 12.5 Å². The topological polar surface area (TPSA) is 40.0 Å². The third-order valence-corrected chi connectivity index (χ3v) is 9.59. The zero-order valence-corrected chi connectivity index (χ0v) is 23.4. The van der Waals surface area contributed by atoms with Crippen molar-refractivity contribution in [2.24, 2.45) is 4.99 Å². The molecule has 5 aromatic carbocycles. The molecular weight excluding hydrogens is 513 g/mol. The van der Waals surface area contributed by atoms with Crippen LogP contribution >= 0.6 is 7.92 Å². The van der Waals surface area contributed by atoms with Crippen LogP contribution in [0.4, 0.5) is 0 Å². The van der Waals surface area contributed by atoms with Crippen LogP contribution in [0, 0.1) is 0 Å². The molecule has 1 heterocycles. The highest BCUT2D eigenvalue weighted by atomic mass is 31.1. The molecule has 0 N–H and O–H groups in total. The number of aliphatic imine (C=N–C) groups is 1. The van der Waals surface area contributed by atoms with E-state index in [-0.39, 0.29) is 6.04 Å². The third kappa shape index (κ3) is 5.23. The van der Waals surface area contributed by atoms with Crippen molar-refractivity contribution < 1.29 is 14.2 Å². The summed E-state index contributed by atoms with van der Waals surface area (Å²) in [6, 6.07) is 44.3. The highest BCUT2D eigenvalue weighted by molar-refractivity contribution is 7.80. The molecule has 0 bridgehead atoms. The van der Waals surface area contributed by atoms with Crippen LogP contribution in [-0.4, -0.2) is 26.7 Å². The van der Waals surface area contributed by atoms with Gasteiger partial charge in [0.15, 0.2) is 0 Å². The Kier molecular flexibility index (Phi) is 7.61. The summed E-state index contributed by atoms with van der Waals surface area (Å²) in [7, 11) is 2.51. The maximum Gasteiger partial charge on any atom is 0.217 e. The van der Waals surface area contributed by atoms with Gasteiger partial charge in [-0.15, -0.1) is 0 Å². The fourth-order valence-electron chi connectivity index (χ4n) is 5.06. The molecule has 0 aromatic heterocycles. The van der Waals surface area contributed by atoms with E-state index in [4.69, 9.17) is 19.2 Å². The molecule has 1 atom stereocenters. The standard InChI is InChI=1S/C35H30NO3P/c1-37-26-16-20-28(21-17-26)40(29-22-18-27(38-2)19-23-29)34-15-9-8-13-31(34)30-12-6-7-14-32(30)35-36-33(24-39-35)25-10-4-3-5-11-25/h3-23,33H,24H2,1-2H3/t33-/m1/s1. The van der Waals surface area contributed by atoms with E-state index in [1.165, 1.54) is 21.5 Å². The van der Waals surface area contributed by atoms with Crippen LogP contribution in [0.2, 0.25) is 0 Å². The van der Waals surface area contributed by atoms with Gasteiger partial charge in [-0.1, -0.05) is 97.1 Å². The number of nitrogens with zero attached hydrogens (tertiary/aromatic N) is 1. The van der Waals surface area contributed by atoms with Crippen molar-refractivity contribution in [1.29, 1.82) is 0 Å². The zero-order valence-electron chi connectivity index (χ0n) is 22.5. The molecule has 5 aromatic rings. The first-order chi connectivity index (χ1) is 19.7. The summed E-state index contributed by atoms with van der Waals surface area (Å²) in [4.78, 5) is 5.02. The van der Waals surface area contributed by atoms with Gasteiger partial charge in [-0.3, -0.25) is 0 Å². The van der Waals surface area contributed by atoms with Crippen LogP contribution in [-0.2, 0) is 4.74 Å². The fourth-order valence-corrected chi connectivity index (χ4v) is 7.48. The predicted molar refractivity (Wildman–Crippen MR) is 165 cm³/mol. The highest BCUT2D eigenvalue weighted by Gasteiger charge is 2.26. The average molecular weight is 544 g/mol. The molecule has 0 fully saturated rings. The highest BCUT2D eigenvalue weighted by Crippen LogP contribution is 2.39. The van der Waals surface area contributed by atoms with Crippen molar-refractivity contribution in [3.8, 4) is 22.6 Å². The second kappa shape index (κ2) is 11.8. The number of methoxy groups -OCH3 is 2. The molecule has 40 heavy (non-hydrogen) atoms. The monoisotopic (exact) mass is 543 g/mol. The molecule has 6 rings (SSSR count). The molecule has 198 valence electrons. The van der Waals surface area contributed by atoms with Gasteiger partial charge in [-0.05, 0) is 70.9 Å². The van der Waals surface area contributed by atoms with E-state index in [9.17, 15) is 0 Å². The quantitative estimate of drug-likeness (QED) is 0.206. The van der Waals surface area contributed by atoms with E-state index in [0.717, 1.165) is 28.2 Å². The molecule has 1 aliphatic heterocycles. The van der Waals surface area contributed by atoms with E-state index in [1.807, 2.05) is 42.5 Å². The number of rotatable bonds is 8. The van der Waals surface area contributed by atoms with Crippen LogP contribution in [0.25, 0.3) is 11.1 Å². The summed E-state index contributed by atoms with van der Waals surface area (Å²) >= 11 is 0. The van der Waals surface area contributed by atoms with Crippen molar-refractivity contribution in [2.45, 2.75) is 6.04 Å². The molecule has 0 saturated heterocycles. The Labute approximate surface area is 236 Å². The fraction of sp³-hybridized carbons (Fsp3) is 0.114. The van der Waals surface area contributed by atoms with Gasteiger partial charge < -0.3 is 14.2 Å². The van der Waals surface area contributed by atoms with Crippen LogP contribution in [0.3, 0.4) is 0 Å². The van der Waals surface area contributed by atoms with Gasteiger partial charge in [0.2, 0.25) is 5.90 Å². The lowest BCUT2D eigenvalue weighted by atomic mass is 9.99. The van der Waals surface area contributed by atoms with Crippen LogP contribution < -0.4 is 25.4 Å². The second-order valence-electron chi connectivity index (χ2n) is 9.47. The van der Waals surface area contributed by atoms with Crippen molar-refractivity contribution in [1.82, 2.24) is 0 Å². The summed E-state index contributed by atoms with van der Waals surface area (Å²) in [5, 5.41) is 3.74. The first kappa shape index (κ1) is 25.9. The lowest BCUT2D eigenvalue weighted by Gasteiger charge is -2.23. The van der Waals surface area contributed by atoms with Gasteiger partial charge in [0.25, 0.3) is 0 Å². The Hall–Kier alpha value is -4.40. The van der Waals surface area contributed by atoms with Gasteiger partial charge >= 0.3 is 0 Å². The number of ether oxygens (including phenoxy) is 3. The molecular formula is C35H30NO3P. The molecule has 0 amide bonds. The third-order valence-electron chi connectivity index (χ3n) is 7.09.